The van der Waals surface area contributed by atoms with Crippen molar-refractivity contribution in [2.45, 2.75) is 6.10 Å². The van der Waals surface area contributed by atoms with Gasteiger partial charge in [-0.2, -0.15) is 0 Å². The fourth-order valence-electron chi connectivity index (χ4n) is 2.81. The third-order valence-electron chi connectivity index (χ3n) is 4.14. The second kappa shape index (κ2) is 7.58. The molecule has 3 N–H and O–H groups in total. The lowest BCUT2D eigenvalue weighted by atomic mass is 10.1. The predicted molar refractivity (Wildman–Crippen MR) is 107 cm³/mol. The highest BCUT2D eigenvalue weighted by atomic mass is 32.1. The van der Waals surface area contributed by atoms with Crippen molar-refractivity contribution in [1.29, 1.82) is 0 Å². The van der Waals surface area contributed by atoms with E-state index in [1.165, 1.54) is 11.3 Å². The van der Waals surface area contributed by atoms with E-state index in [2.05, 4.69) is 4.98 Å². The quantitative estimate of drug-likeness (QED) is 0.486. The van der Waals surface area contributed by atoms with Crippen LogP contribution in [0.15, 0.2) is 76.7 Å². The number of aliphatic carboxylic acids is 1. The Morgan fingerprint density at radius 3 is 2.61 bits per heavy atom. The van der Waals surface area contributed by atoms with Gasteiger partial charge in [-0.05, 0) is 29.6 Å². The summed E-state index contributed by atoms with van der Waals surface area (Å²) in [6, 6.07) is 17.9. The number of aromatic nitrogens is 1. The van der Waals surface area contributed by atoms with Gasteiger partial charge >= 0.3 is 5.97 Å². The Hall–Kier alpha value is -3.58. The Morgan fingerprint density at radius 1 is 1.14 bits per heavy atom. The zero-order valence-corrected chi connectivity index (χ0v) is 15.4. The number of carbonyl (C=O) groups is 1. The molecule has 0 aliphatic heterocycles. The number of rotatable bonds is 6. The first-order chi connectivity index (χ1) is 13.6. The molecule has 0 amide bonds. The van der Waals surface area contributed by atoms with Crippen LogP contribution in [0.5, 0.6) is 5.88 Å². The molecule has 6 nitrogen and oxygen atoms in total. The van der Waals surface area contributed by atoms with E-state index in [9.17, 15) is 9.90 Å². The molecule has 4 aromatic rings. The van der Waals surface area contributed by atoms with Gasteiger partial charge in [0, 0.05) is 11.1 Å². The number of nitrogens with zero attached hydrogens (tertiary/aromatic N) is 1. The molecule has 140 valence electrons. The van der Waals surface area contributed by atoms with E-state index in [0.29, 0.717) is 22.6 Å². The van der Waals surface area contributed by atoms with E-state index in [4.69, 9.17) is 14.9 Å². The van der Waals surface area contributed by atoms with Gasteiger partial charge in [0.05, 0.1) is 16.8 Å². The van der Waals surface area contributed by atoms with Gasteiger partial charge in [-0.15, -0.1) is 11.3 Å². The molecule has 0 saturated carbocycles. The highest BCUT2D eigenvalue weighted by molar-refractivity contribution is 7.13. The number of hydrogen-bond donors (Lipinski definition) is 2. The summed E-state index contributed by atoms with van der Waals surface area (Å²) in [5.41, 5.74) is 8.22. The Kier molecular flexibility index (Phi) is 4.82. The number of carboxylic acids is 1. The van der Waals surface area contributed by atoms with E-state index >= 15 is 0 Å². The lowest BCUT2D eigenvalue weighted by molar-refractivity contribution is -0.145. The van der Waals surface area contributed by atoms with Gasteiger partial charge in [0.15, 0.2) is 0 Å². The van der Waals surface area contributed by atoms with Gasteiger partial charge in [0.25, 0.3) is 0 Å². The van der Waals surface area contributed by atoms with Gasteiger partial charge in [0.1, 0.15) is 11.4 Å². The van der Waals surface area contributed by atoms with Crippen molar-refractivity contribution in [3.05, 3.63) is 77.9 Å². The van der Waals surface area contributed by atoms with Crippen LogP contribution in [0, 0.1) is 0 Å². The van der Waals surface area contributed by atoms with Crippen LogP contribution in [0.2, 0.25) is 0 Å². The van der Waals surface area contributed by atoms with Crippen molar-refractivity contribution in [3.8, 4) is 27.8 Å². The van der Waals surface area contributed by atoms with Gasteiger partial charge in [0.2, 0.25) is 12.0 Å². The van der Waals surface area contributed by atoms with Gasteiger partial charge < -0.3 is 20.0 Å². The molecule has 1 unspecified atom stereocenters. The van der Waals surface area contributed by atoms with E-state index in [1.807, 2.05) is 23.6 Å². The average molecular weight is 392 g/mol. The van der Waals surface area contributed by atoms with Crippen molar-refractivity contribution in [2.24, 2.45) is 0 Å². The van der Waals surface area contributed by atoms with E-state index in [1.54, 1.807) is 48.7 Å². The van der Waals surface area contributed by atoms with Crippen molar-refractivity contribution in [1.82, 2.24) is 4.98 Å². The second-order valence-electron chi connectivity index (χ2n) is 5.98. The van der Waals surface area contributed by atoms with Gasteiger partial charge in [-0.3, -0.25) is 0 Å². The molecule has 1 atom stereocenters. The number of pyridine rings is 1. The smallest absolute Gasteiger partial charge is 0.349 e. The molecule has 0 spiro atoms. The summed E-state index contributed by atoms with van der Waals surface area (Å²) in [4.78, 5) is 17.2. The zero-order chi connectivity index (χ0) is 19.5. The van der Waals surface area contributed by atoms with E-state index in [-0.39, 0.29) is 11.6 Å². The molecule has 0 aliphatic carbocycles. The van der Waals surface area contributed by atoms with Crippen LogP contribution in [0.25, 0.3) is 21.9 Å². The summed E-state index contributed by atoms with van der Waals surface area (Å²) in [5, 5.41) is 11.6. The summed E-state index contributed by atoms with van der Waals surface area (Å²) in [5.74, 6) is -0.531. The molecule has 0 radical (unpaired) electrons. The minimum atomic E-state index is -1.24. The fourth-order valence-corrected chi connectivity index (χ4v) is 3.49. The summed E-state index contributed by atoms with van der Waals surface area (Å²) in [7, 11) is 0. The number of thiophene rings is 1. The van der Waals surface area contributed by atoms with Crippen LogP contribution in [0.1, 0.15) is 11.7 Å². The van der Waals surface area contributed by atoms with Crippen LogP contribution >= 0.6 is 11.3 Å². The molecular formula is C21H16N2O4S. The Labute approximate surface area is 164 Å². The largest absolute Gasteiger partial charge is 0.478 e. The van der Waals surface area contributed by atoms with Crippen molar-refractivity contribution in [2.75, 3.05) is 5.73 Å². The van der Waals surface area contributed by atoms with E-state index < -0.39 is 12.1 Å². The van der Waals surface area contributed by atoms with Crippen molar-refractivity contribution < 1.29 is 19.1 Å². The Balaban J connectivity index is 1.82. The maximum Gasteiger partial charge on any atom is 0.349 e. The minimum Gasteiger partial charge on any atom is -0.478 e. The van der Waals surface area contributed by atoms with Crippen LogP contribution in [0.4, 0.5) is 5.69 Å². The van der Waals surface area contributed by atoms with Crippen molar-refractivity contribution in [3.63, 3.8) is 0 Å². The summed E-state index contributed by atoms with van der Waals surface area (Å²) >= 11 is 1.51. The number of nitrogens with two attached hydrogens (primary N) is 1. The molecule has 3 aromatic heterocycles. The highest BCUT2D eigenvalue weighted by Crippen LogP contribution is 2.38. The molecule has 1 aromatic carbocycles. The standard InChI is InChI=1S/C21H16N2O4S/c22-18-14(16-8-4-10-26-16)12-15(17-9-5-11-28-17)23-20(18)27-19(21(24)25)13-6-2-1-3-7-13/h1-12,19H,22H2,(H,24,25). The molecule has 0 saturated heterocycles. The molecular weight excluding hydrogens is 376 g/mol. The molecule has 0 aliphatic rings. The van der Waals surface area contributed by atoms with Gasteiger partial charge in [-0.25, -0.2) is 9.78 Å². The molecule has 0 fully saturated rings. The maximum absolute atomic E-state index is 11.8. The predicted octanol–water partition coefficient (Wildman–Crippen LogP) is 4.86. The van der Waals surface area contributed by atoms with Crippen LogP contribution in [-0.4, -0.2) is 16.1 Å². The summed E-state index contributed by atoms with van der Waals surface area (Å²) in [6.45, 7) is 0. The number of carboxylic acid groups (broad SMARTS) is 1. The number of anilines is 1. The number of ether oxygens (including phenoxy) is 1. The summed E-state index contributed by atoms with van der Waals surface area (Å²) < 4.78 is 11.3. The maximum atomic E-state index is 11.8. The normalized spacial score (nSPS) is 11.9. The minimum absolute atomic E-state index is 0.0496. The van der Waals surface area contributed by atoms with Crippen LogP contribution < -0.4 is 10.5 Å². The molecule has 3 heterocycles. The molecule has 28 heavy (non-hydrogen) atoms. The first-order valence-electron chi connectivity index (χ1n) is 8.46. The third kappa shape index (κ3) is 3.47. The Morgan fingerprint density at radius 2 is 1.96 bits per heavy atom. The van der Waals surface area contributed by atoms with Crippen molar-refractivity contribution >= 4 is 23.0 Å². The third-order valence-corrected chi connectivity index (χ3v) is 5.03. The first kappa shape index (κ1) is 17.8. The summed E-state index contributed by atoms with van der Waals surface area (Å²) in [6.07, 6.45) is 0.309. The molecule has 7 heteroatoms. The molecule has 0 bridgehead atoms. The lowest BCUT2D eigenvalue weighted by Crippen LogP contribution is -2.19. The van der Waals surface area contributed by atoms with Crippen LogP contribution in [-0.2, 0) is 4.79 Å². The molecule has 4 rings (SSSR count). The second-order valence-corrected chi connectivity index (χ2v) is 6.92. The monoisotopic (exact) mass is 392 g/mol. The highest BCUT2D eigenvalue weighted by Gasteiger charge is 2.25. The number of nitrogen functional groups attached to an aromatic ring is 1. The van der Waals surface area contributed by atoms with Gasteiger partial charge in [-0.1, -0.05) is 36.4 Å². The zero-order valence-electron chi connectivity index (χ0n) is 14.6. The fraction of sp³-hybridized carbons (Fsp3) is 0.0476. The average Bonchev–Trinajstić information content (AvgIpc) is 3.41. The topological polar surface area (TPSA) is 98.6 Å². The van der Waals surface area contributed by atoms with Crippen LogP contribution in [0.3, 0.4) is 0 Å². The number of furan rings is 1. The SMILES string of the molecule is Nc1c(-c2ccco2)cc(-c2cccs2)nc1OC(C(=O)O)c1ccccc1. The number of benzene rings is 1. The lowest BCUT2D eigenvalue weighted by Gasteiger charge is -2.18. The van der Waals surface area contributed by atoms with E-state index in [0.717, 1.165) is 4.88 Å². The Bertz CT molecular complexity index is 1080. The first-order valence-corrected chi connectivity index (χ1v) is 9.34. The number of hydrogen-bond acceptors (Lipinski definition) is 6.